The Kier molecular flexibility index (Phi) is 3.35. The summed E-state index contributed by atoms with van der Waals surface area (Å²) in [6, 6.07) is 1.45. The molecule has 106 valence electrons. The SMILES string of the molecule is CC(N)C(C)c1nc(C2CC3CCC(C2)N3C)no1. The first-order valence-electron chi connectivity index (χ1n) is 7.37. The second-order valence-corrected chi connectivity index (χ2v) is 6.36. The molecule has 2 aliphatic heterocycles. The third-order valence-corrected chi connectivity index (χ3v) is 5.10. The zero-order valence-electron chi connectivity index (χ0n) is 12.0. The van der Waals surface area contributed by atoms with Crippen LogP contribution in [0.2, 0.25) is 0 Å². The molecule has 0 aromatic carbocycles. The lowest BCUT2D eigenvalue weighted by Gasteiger charge is -2.34. The van der Waals surface area contributed by atoms with Gasteiger partial charge in [0, 0.05) is 24.0 Å². The van der Waals surface area contributed by atoms with E-state index in [2.05, 4.69) is 22.1 Å². The van der Waals surface area contributed by atoms with Crippen LogP contribution in [0.1, 0.15) is 63.1 Å². The summed E-state index contributed by atoms with van der Waals surface area (Å²) in [5.41, 5.74) is 5.89. The molecule has 0 radical (unpaired) electrons. The number of nitrogens with two attached hydrogens (primary N) is 1. The van der Waals surface area contributed by atoms with Crippen LogP contribution in [-0.2, 0) is 0 Å². The van der Waals surface area contributed by atoms with Crippen LogP contribution in [0.4, 0.5) is 0 Å². The van der Waals surface area contributed by atoms with Crippen LogP contribution < -0.4 is 5.73 Å². The predicted octanol–water partition coefficient (Wildman–Crippen LogP) is 1.86. The number of hydrogen-bond acceptors (Lipinski definition) is 5. The van der Waals surface area contributed by atoms with Gasteiger partial charge in [0.25, 0.3) is 0 Å². The Morgan fingerprint density at radius 1 is 1.26 bits per heavy atom. The van der Waals surface area contributed by atoms with Gasteiger partial charge in [-0.1, -0.05) is 12.1 Å². The topological polar surface area (TPSA) is 68.2 Å². The van der Waals surface area contributed by atoms with Gasteiger partial charge in [0.15, 0.2) is 5.82 Å². The number of aromatic nitrogens is 2. The summed E-state index contributed by atoms with van der Waals surface area (Å²) in [5.74, 6) is 2.18. The summed E-state index contributed by atoms with van der Waals surface area (Å²) in [4.78, 5) is 7.13. The highest BCUT2D eigenvalue weighted by molar-refractivity contribution is 5.06. The fraction of sp³-hybridized carbons (Fsp3) is 0.857. The molecular formula is C14H24N4O. The highest BCUT2D eigenvalue weighted by atomic mass is 16.5. The van der Waals surface area contributed by atoms with Gasteiger partial charge in [0.05, 0.1) is 5.92 Å². The molecule has 0 spiro atoms. The quantitative estimate of drug-likeness (QED) is 0.902. The lowest BCUT2D eigenvalue weighted by atomic mass is 9.90. The number of rotatable bonds is 3. The molecule has 1 aromatic heterocycles. The van der Waals surface area contributed by atoms with E-state index in [1.54, 1.807) is 0 Å². The first kappa shape index (κ1) is 13.1. The number of fused-ring (bicyclic) bond motifs is 2. The molecule has 3 rings (SSSR count). The van der Waals surface area contributed by atoms with Gasteiger partial charge < -0.3 is 15.2 Å². The van der Waals surface area contributed by atoms with Crippen LogP contribution in [-0.4, -0.2) is 40.2 Å². The molecule has 2 saturated heterocycles. The third-order valence-electron chi connectivity index (χ3n) is 5.10. The van der Waals surface area contributed by atoms with E-state index in [-0.39, 0.29) is 12.0 Å². The zero-order chi connectivity index (χ0) is 13.6. The molecule has 5 nitrogen and oxygen atoms in total. The van der Waals surface area contributed by atoms with Crippen molar-refractivity contribution in [3.63, 3.8) is 0 Å². The van der Waals surface area contributed by atoms with Gasteiger partial charge in [-0.2, -0.15) is 4.98 Å². The van der Waals surface area contributed by atoms with Crippen LogP contribution in [0, 0.1) is 0 Å². The zero-order valence-corrected chi connectivity index (χ0v) is 12.0. The molecule has 2 N–H and O–H groups in total. The van der Waals surface area contributed by atoms with Gasteiger partial charge in [-0.25, -0.2) is 0 Å². The molecule has 0 aliphatic carbocycles. The molecule has 0 saturated carbocycles. The summed E-state index contributed by atoms with van der Waals surface area (Å²) in [6.45, 7) is 4.02. The first-order valence-corrected chi connectivity index (χ1v) is 7.37. The molecule has 0 amide bonds. The normalized spacial score (nSPS) is 34.4. The average molecular weight is 264 g/mol. The van der Waals surface area contributed by atoms with E-state index in [1.165, 1.54) is 25.7 Å². The maximum absolute atomic E-state index is 5.89. The molecule has 3 heterocycles. The molecule has 4 unspecified atom stereocenters. The minimum atomic E-state index is 0.0435. The maximum Gasteiger partial charge on any atom is 0.231 e. The van der Waals surface area contributed by atoms with E-state index in [0.717, 1.165) is 5.82 Å². The van der Waals surface area contributed by atoms with Crippen LogP contribution >= 0.6 is 0 Å². The monoisotopic (exact) mass is 264 g/mol. The largest absolute Gasteiger partial charge is 0.339 e. The van der Waals surface area contributed by atoms with E-state index in [4.69, 9.17) is 10.3 Å². The molecule has 2 fully saturated rings. The highest BCUT2D eigenvalue weighted by Gasteiger charge is 2.40. The van der Waals surface area contributed by atoms with Gasteiger partial charge in [-0.05, 0) is 39.7 Å². The summed E-state index contributed by atoms with van der Waals surface area (Å²) >= 11 is 0. The molecule has 19 heavy (non-hydrogen) atoms. The van der Waals surface area contributed by atoms with Crippen LogP contribution in [0.25, 0.3) is 0 Å². The van der Waals surface area contributed by atoms with Crippen LogP contribution in [0.3, 0.4) is 0 Å². The van der Waals surface area contributed by atoms with E-state index < -0.39 is 0 Å². The predicted molar refractivity (Wildman–Crippen MR) is 72.9 cm³/mol. The van der Waals surface area contributed by atoms with Crippen molar-refractivity contribution in [1.82, 2.24) is 15.0 Å². The third kappa shape index (κ3) is 2.30. The van der Waals surface area contributed by atoms with Crippen molar-refractivity contribution < 1.29 is 4.52 Å². The Morgan fingerprint density at radius 2 is 1.89 bits per heavy atom. The van der Waals surface area contributed by atoms with Gasteiger partial charge in [0.1, 0.15) is 0 Å². The van der Waals surface area contributed by atoms with E-state index in [9.17, 15) is 0 Å². The standard InChI is InChI=1S/C14H24N4O/c1-8(9(2)15)14-16-13(17-19-14)10-6-11-4-5-12(7-10)18(11)3/h8-12H,4-7,15H2,1-3H3. The van der Waals surface area contributed by atoms with Crippen molar-refractivity contribution in [3.05, 3.63) is 11.7 Å². The molecule has 2 aliphatic rings. The smallest absolute Gasteiger partial charge is 0.231 e. The van der Waals surface area contributed by atoms with Crippen molar-refractivity contribution in [2.24, 2.45) is 5.73 Å². The Hall–Kier alpha value is -0.940. The minimum Gasteiger partial charge on any atom is -0.339 e. The Labute approximate surface area is 114 Å². The van der Waals surface area contributed by atoms with Crippen LogP contribution in [0.15, 0.2) is 4.52 Å². The van der Waals surface area contributed by atoms with E-state index >= 15 is 0 Å². The molecular weight excluding hydrogens is 240 g/mol. The lowest BCUT2D eigenvalue weighted by molar-refractivity contribution is 0.157. The van der Waals surface area contributed by atoms with Gasteiger partial charge >= 0.3 is 0 Å². The summed E-state index contributed by atoms with van der Waals surface area (Å²) in [6.07, 6.45) is 4.97. The van der Waals surface area contributed by atoms with Crippen molar-refractivity contribution >= 4 is 0 Å². The lowest BCUT2D eigenvalue weighted by Crippen LogP contribution is -2.39. The second kappa shape index (κ2) is 4.87. The fourth-order valence-electron chi connectivity index (χ4n) is 3.45. The molecule has 2 bridgehead atoms. The maximum atomic E-state index is 5.89. The van der Waals surface area contributed by atoms with Gasteiger partial charge in [-0.15, -0.1) is 0 Å². The number of nitrogens with zero attached hydrogens (tertiary/aromatic N) is 3. The van der Waals surface area contributed by atoms with Crippen molar-refractivity contribution in [1.29, 1.82) is 0 Å². The average Bonchev–Trinajstić information content (AvgIpc) is 2.92. The second-order valence-electron chi connectivity index (χ2n) is 6.36. The Balaban J connectivity index is 1.74. The summed E-state index contributed by atoms with van der Waals surface area (Å²) in [7, 11) is 2.25. The van der Waals surface area contributed by atoms with E-state index in [0.29, 0.717) is 23.9 Å². The first-order chi connectivity index (χ1) is 9.06. The van der Waals surface area contributed by atoms with Crippen LogP contribution in [0.5, 0.6) is 0 Å². The molecule has 1 aromatic rings. The minimum absolute atomic E-state index is 0.0435. The molecule has 5 heteroatoms. The molecule has 4 atom stereocenters. The Bertz CT molecular complexity index is 430. The van der Waals surface area contributed by atoms with Gasteiger partial charge in [-0.3, -0.25) is 0 Å². The highest BCUT2D eigenvalue weighted by Crippen LogP contribution is 2.41. The summed E-state index contributed by atoms with van der Waals surface area (Å²) in [5, 5.41) is 4.20. The van der Waals surface area contributed by atoms with Crippen molar-refractivity contribution in [2.45, 2.75) is 69.5 Å². The summed E-state index contributed by atoms with van der Waals surface area (Å²) < 4.78 is 5.40. The van der Waals surface area contributed by atoms with Gasteiger partial charge in [0.2, 0.25) is 5.89 Å². The van der Waals surface area contributed by atoms with E-state index in [1.807, 2.05) is 13.8 Å². The fourth-order valence-corrected chi connectivity index (χ4v) is 3.45. The Morgan fingerprint density at radius 3 is 2.47 bits per heavy atom. The van der Waals surface area contributed by atoms with Crippen molar-refractivity contribution in [2.75, 3.05) is 7.05 Å². The number of hydrogen-bond donors (Lipinski definition) is 1. The van der Waals surface area contributed by atoms with Crippen molar-refractivity contribution in [3.8, 4) is 0 Å². The number of piperidine rings is 1.